The van der Waals surface area contributed by atoms with Gasteiger partial charge in [0, 0.05) is 0 Å². The quantitative estimate of drug-likeness (QED) is 0.349. The van der Waals surface area contributed by atoms with Gasteiger partial charge in [-0.1, -0.05) is 0 Å². The zero-order valence-corrected chi connectivity index (χ0v) is 12.7. The van der Waals surface area contributed by atoms with E-state index in [1.54, 1.807) is 0 Å². The second-order valence-electron chi connectivity index (χ2n) is 2.27. The fraction of sp³-hybridized carbons (Fsp3) is 0. The van der Waals surface area contributed by atoms with Crippen LogP contribution in [0.3, 0.4) is 0 Å². The summed E-state index contributed by atoms with van der Waals surface area (Å²) in [4.78, 5) is -3.66. The summed E-state index contributed by atoms with van der Waals surface area (Å²) in [5.74, 6) is 0. The Morgan fingerprint density at radius 1 is 1.17 bits per heavy atom. The van der Waals surface area contributed by atoms with Crippen molar-refractivity contribution < 1.29 is 0 Å². The molecule has 1 heterocycles. The minimum atomic E-state index is -3.67. The van der Waals surface area contributed by atoms with E-state index < -0.39 is 15.5 Å². The van der Waals surface area contributed by atoms with Crippen molar-refractivity contribution in [1.29, 1.82) is 5.53 Å². The number of nitrogens with zero attached hydrogens (tertiary/aromatic N) is 1. The van der Waals surface area contributed by atoms with Crippen molar-refractivity contribution >= 4 is 83.0 Å². The van der Waals surface area contributed by atoms with Gasteiger partial charge < -0.3 is 0 Å². The van der Waals surface area contributed by atoms with Crippen LogP contribution in [-0.2, 0) is 0 Å². The van der Waals surface area contributed by atoms with E-state index in [9.17, 15) is 0 Å². The summed E-state index contributed by atoms with van der Waals surface area (Å²) >= 11 is 35.3. The van der Waals surface area contributed by atoms with E-state index in [4.69, 9.17) is 73.0 Å². The van der Waals surface area contributed by atoms with Gasteiger partial charge in [-0.3, -0.25) is 0 Å². The third-order valence-electron chi connectivity index (χ3n) is 1.50. The van der Waals surface area contributed by atoms with Crippen molar-refractivity contribution in [3.05, 3.63) is 0 Å². The van der Waals surface area contributed by atoms with Crippen LogP contribution in [0.5, 0.6) is 0 Å². The summed E-state index contributed by atoms with van der Waals surface area (Å²) in [5.41, 5.74) is 6.56. The van der Waals surface area contributed by atoms with Crippen molar-refractivity contribution in [2.75, 3.05) is 0 Å². The Kier molecular flexibility index (Phi) is 2.87. The number of nitrogens with one attached hydrogen (secondary N) is 2. The summed E-state index contributed by atoms with van der Waals surface area (Å²) in [6, 6.07) is 0. The summed E-state index contributed by atoms with van der Waals surface area (Å²) in [6.07, 6.45) is 0. The molecule has 1 fully saturated rings. The normalized spacial score (nSPS) is 42.3. The van der Waals surface area contributed by atoms with Crippen LogP contribution in [0.4, 0.5) is 0 Å². The molecule has 0 atom stereocenters. The van der Waals surface area contributed by atoms with Gasteiger partial charge in [-0.2, -0.15) is 0 Å². The molecule has 0 unspecified atom stereocenters. The molecule has 0 aromatic carbocycles. The summed E-state index contributed by atoms with van der Waals surface area (Å²) in [6.45, 7) is -2.34. The zero-order chi connectivity index (χ0) is 9.89. The van der Waals surface area contributed by atoms with Crippen LogP contribution in [-0.4, -0.2) is 0 Å². The van der Waals surface area contributed by atoms with E-state index in [0.29, 0.717) is 0 Å². The van der Waals surface area contributed by atoms with Gasteiger partial charge in [0.25, 0.3) is 0 Å². The molecule has 3 nitrogen and oxygen atoms in total. The van der Waals surface area contributed by atoms with Crippen molar-refractivity contribution in [3.8, 4) is 0 Å². The standard InChI is InChI=1S/Cl6H4N3P3/c1-10-11(2,3,4)12(10,5,6)9-8-7/h10H2,(H2,7,9). The first kappa shape index (κ1) is 12.5. The Balaban J connectivity index is 3.15. The minimum absolute atomic E-state index is 2.20. The number of hydrogen-bond acceptors (Lipinski definition) is 2. The third kappa shape index (κ3) is 1.16. The SMILES string of the molecule is N=NNP1(Cl)(Cl)[PH2](Cl)P1(Cl)(Cl)Cl. The molecule has 0 aromatic heterocycles. The van der Waals surface area contributed by atoms with Gasteiger partial charge in [-0.15, -0.1) is 0 Å². The molecule has 0 aromatic rings. The zero-order valence-electron chi connectivity index (χ0n) is 5.19. The van der Waals surface area contributed by atoms with Crippen molar-refractivity contribution in [3.63, 3.8) is 0 Å². The van der Waals surface area contributed by atoms with Gasteiger partial charge in [0.2, 0.25) is 0 Å². The summed E-state index contributed by atoms with van der Waals surface area (Å²) < 4.78 is -3.67. The first-order valence-electron chi connectivity index (χ1n) is 2.45. The molecular formula is H4Cl6N3P3. The Morgan fingerprint density at radius 3 is 1.58 bits per heavy atom. The van der Waals surface area contributed by atoms with Gasteiger partial charge in [0.05, 0.1) is 0 Å². The van der Waals surface area contributed by atoms with Gasteiger partial charge in [0.15, 0.2) is 0 Å². The molecule has 76 valence electrons. The Bertz CT molecular complexity index is 252. The predicted octanol–water partition coefficient (Wildman–Crippen LogP) is 6.17. The maximum atomic E-state index is 6.56. The van der Waals surface area contributed by atoms with Gasteiger partial charge in [-0.05, 0) is 0 Å². The second-order valence-corrected chi connectivity index (χ2v) is 48.9. The van der Waals surface area contributed by atoms with Crippen LogP contribution in [0.2, 0.25) is 0 Å². The van der Waals surface area contributed by atoms with E-state index in [2.05, 4.69) is 10.4 Å². The topological polar surface area (TPSA) is 48.2 Å². The van der Waals surface area contributed by atoms with E-state index in [1.807, 2.05) is 0 Å². The molecule has 12 heteroatoms. The Labute approximate surface area is 98.3 Å². The predicted molar refractivity (Wildman–Crippen MR) is 67.0 cm³/mol. The molecule has 0 amide bonds. The molecular weight excluding hydrogens is 348 g/mol. The van der Waals surface area contributed by atoms with Crippen LogP contribution >= 0.6 is 83.0 Å². The number of rotatable bonds is 2. The van der Waals surface area contributed by atoms with Gasteiger partial charge in [0.1, 0.15) is 0 Å². The van der Waals surface area contributed by atoms with Crippen LogP contribution in [0.25, 0.3) is 0 Å². The molecule has 1 rings (SSSR count). The third-order valence-corrected chi connectivity index (χ3v) is 83.6. The van der Waals surface area contributed by atoms with E-state index >= 15 is 0 Å². The van der Waals surface area contributed by atoms with Gasteiger partial charge >= 0.3 is 98.9 Å². The fourth-order valence-electron chi connectivity index (χ4n) is 0.631. The van der Waals surface area contributed by atoms with Crippen molar-refractivity contribution in [1.82, 2.24) is 5.20 Å². The molecule has 0 aliphatic carbocycles. The first-order valence-corrected chi connectivity index (χ1v) is 17.1. The van der Waals surface area contributed by atoms with E-state index in [1.165, 1.54) is 0 Å². The molecule has 0 spiro atoms. The summed E-state index contributed by atoms with van der Waals surface area (Å²) in [7, 11) is 0. The first-order chi connectivity index (χ1) is 5.05. The average molecular weight is 352 g/mol. The van der Waals surface area contributed by atoms with Crippen LogP contribution in [0.15, 0.2) is 5.22 Å². The fourth-order valence-corrected chi connectivity index (χ4v) is 87.2. The molecule has 2 N–H and O–H groups in total. The number of halogens is 6. The van der Waals surface area contributed by atoms with Crippen LogP contribution in [0.1, 0.15) is 0 Å². The average Bonchev–Trinajstić information content (AvgIpc) is 2.07. The second kappa shape index (κ2) is 2.76. The Hall–Kier alpha value is 2.43. The molecule has 1 saturated heterocycles. The van der Waals surface area contributed by atoms with Gasteiger partial charge in [-0.25, -0.2) is 0 Å². The van der Waals surface area contributed by atoms with Crippen molar-refractivity contribution in [2.45, 2.75) is 0 Å². The maximum absolute atomic E-state index is 6.56. The molecule has 12 heavy (non-hydrogen) atoms. The van der Waals surface area contributed by atoms with Crippen molar-refractivity contribution in [2.24, 2.45) is 5.22 Å². The molecule has 1 aliphatic rings. The summed E-state index contributed by atoms with van der Waals surface area (Å²) in [5, 5.41) is 5.05. The monoisotopic (exact) mass is 349 g/mol. The van der Waals surface area contributed by atoms with Crippen LogP contribution in [0, 0.1) is 5.53 Å². The van der Waals surface area contributed by atoms with Crippen LogP contribution < -0.4 is 5.20 Å². The Morgan fingerprint density at radius 2 is 1.50 bits per heavy atom. The number of hydrogen-bond donors (Lipinski definition) is 2. The van der Waals surface area contributed by atoms with E-state index in [-0.39, 0.29) is 0 Å². The molecule has 0 radical (unpaired) electrons. The molecule has 1 aliphatic heterocycles. The van der Waals surface area contributed by atoms with E-state index in [0.717, 1.165) is 0 Å². The molecule has 0 bridgehead atoms. The molecule has 0 saturated carbocycles.